The van der Waals surface area contributed by atoms with Crippen LogP contribution in [0.3, 0.4) is 0 Å². The van der Waals surface area contributed by atoms with E-state index in [2.05, 4.69) is 40.1 Å². The van der Waals surface area contributed by atoms with Gasteiger partial charge in [-0.3, -0.25) is 4.90 Å². The lowest BCUT2D eigenvalue weighted by atomic mass is 9.49. The number of likely N-dealkylation sites (tertiary alicyclic amines) is 1. The van der Waals surface area contributed by atoms with Crippen molar-refractivity contribution < 1.29 is 0 Å². The summed E-state index contributed by atoms with van der Waals surface area (Å²) in [6, 6.07) is 12.7. The normalized spacial score (nSPS) is 46.2. The molecule has 2 aliphatic heterocycles. The minimum absolute atomic E-state index is 0.719. The molecule has 2 atom stereocenters. The molecule has 6 aliphatic rings. The molecule has 4 saturated carbocycles. The number of anilines is 1. The molecule has 1 aromatic carbocycles. The van der Waals surface area contributed by atoms with Gasteiger partial charge in [0, 0.05) is 37.4 Å². The van der Waals surface area contributed by atoms with Gasteiger partial charge in [0.1, 0.15) is 0 Å². The number of piperazine rings is 1. The van der Waals surface area contributed by atoms with Crippen molar-refractivity contribution >= 4 is 5.69 Å². The SMILES string of the molecule is c1ccc(N2C[C@@H]3C[C@H]2CN3CC23CC4CC(CC(C4)C2)C3)cc1. The second kappa shape index (κ2) is 5.00. The smallest absolute Gasteiger partial charge is 0.0433 e. The Balaban J connectivity index is 1.17. The van der Waals surface area contributed by atoms with Crippen LogP contribution in [-0.2, 0) is 0 Å². The van der Waals surface area contributed by atoms with Gasteiger partial charge >= 0.3 is 0 Å². The lowest BCUT2D eigenvalue weighted by molar-refractivity contribution is -0.0712. The van der Waals surface area contributed by atoms with Gasteiger partial charge in [0.15, 0.2) is 0 Å². The molecule has 1 aromatic rings. The van der Waals surface area contributed by atoms with Crippen LogP contribution >= 0.6 is 0 Å². The van der Waals surface area contributed by atoms with Crippen LogP contribution in [0.5, 0.6) is 0 Å². The molecule has 4 aliphatic carbocycles. The molecule has 128 valence electrons. The van der Waals surface area contributed by atoms with Gasteiger partial charge in [0.25, 0.3) is 0 Å². The van der Waals surface area contributed by atoms with Gasteiger partial charge in [0.2, 0.25) is 0 Å². The van der Waals surface area contributed by atoms with E-state index >= 15 is 0 Å². The van der Waals surface area contributed by atoms with Crippen molar-refractivity contribution in [2.24, 2.45) is 23.2 Å². The third kappa shape index (κ3) is 2.11. The minimum atomic E-state index is 0.719. The van der Waals surface area contributed by atoms with Crippen molar-refractivity contribution in [2.45, 2.75) is 57.0 Å². The Morgan fingerprint density at radius 3 is 2.04 bits per heavy atom. The summed E-state index contributed by atoms with van der Waals surface area (Å²) >= 11 is 0. The molecule has 2 heterocycles. The highest BCUT2D eigenvalue weighted by Gasteiger charge is 2.53. The molecule has 0 N–H and O–H groups in total. The molecule has 2 heteroatoms. The van der Waals surface area contributed by atoms with Gasteiger partial charge in [-0.05, 0) is 80.2 Å². The monoisotopic (exact) mass is 322 g/mol. The fraction of sp³-hybridized carbons (Fsp3) is 0.727. The first-order chi connectivity index (χ1) is 11.8. The van der Waals surface area contributed by atoms with E-state index in [4.69, 9.17) is 0 Å². The maximum atomic E-state index is 2.91. The summed E-state index contributed by atoms with van der Waals surface area (Å²) in [7, 11) is 0. The Morgan fingerprint density at radius 2 is 1.46 bits per heavy atom. The summed E-state index contributed by atoms with van der Waals surface area (Å²) in [5, 5.41) is 0. The highest BCUT2D eigenvalue weighted by atomic mass is 15.4. The van der Waals surface area contributed by atoms with Crippen molar-refractivity contribution in [1.82, 2.24) is 4.90 Å². The summed E-state index contributed by atoms with van der Waals surface area (Å²) in [4.78, 5) is 5.60. The van der Waals surface area contributed by atoms with Crippen LogP contribution in [0.4, 0.5) is 5.69 Å². The van der Waals surface area contributed by atoms with E-state index in [0.717, 1.165) is 35.3 Å². The molecule has 0 aromatic heterocycles. The molecule has 24 heavy (non-hydrogen) atoms. The molecule has 6 bridgehead atoms. The van der Waals surface area contributed by atoms with Crippen LogP contribution in [0.1, 0.15) is 44.9 Å². The zero-order valence-corrected chi connectivity index (χ0v) is 14.7. The number of nitrogens with zero attached hydrogens (tertiary/aromatic N) is 2. The molecular formula is C22H30N2. The summed E-state index contributed by atoms with van der Waals surface area (Å²) in [5.74, 6) is 3.28. The Hall–Kier alpha value is -1.02. The number of hydrogen-bond acceptors (Lipinski definition) is 2. The van der Waals surface area contributed by atoms with Crippen molar-refractivity contribution in [2.75, 3.05) is 24.5 Å². The van der Waals surface area contributed by atoms with Crippen LogP contribution in [0.15, 0.2) is 30.3 Å². The molecule has 0 amide bonds. The average Bonchev–Trinajstić information content (AvgIpc) is 3.14. The van der Waals surface area contributed by atoms with E-state index in [9.17, 15) is 0 Å². The van der Waals surface area contributed by atoms with Crippen LogP contribution in [-0.4, -0.2) is 36.6 Å². The predicted octanol–water partition coefficient (Wildman–Crippen LogP) is 4.17. The first-order valence-electron chi connectivity index (χ1n) is 10.3. The van der Waals surface area contributed by atoms with Crippen LogP contribution in [0.25, 0.3) is 0 Å². The number of hydrogen-bond donors (Lipinski definition) is 0. The standard InChI is InChI=1S/C22H30N2/c1-2-4-19(5-3-1)24-14-20-9-21(24)13-23(20)15-22-10-16-6-17(11-22)8-18(7-16)12-22/h1-5,16-18,20-21H,6-15H2/t16?,17?,18?,20-,21-,22?/m0/s1. The third-order valence-electron chi connectivity index (χ3n) is 8.15. The number of benzene rings is 1. The van der Waals surface area contributed by atoms with E-state index in [0.29, 0.717) is 0 Å². The summed E-state index contributed by atoms with van der Waals surface area (Å²) in [6.07, 6.45) is 10.8. The second-order valence-corrected chi connectivity index (χ2v) is 9.88. The summed E-state index contributed by atoms with van der Waals surface area (Å²) in [6.45, 7) is 4.02. The van der Waals surface area contributed by atoms with Gasteiger partial charge in [0.05, 0.1) is 0 Å². The Labute approximate surface area is 146 Å². The first kappa shape index (κ1) is 14.2. The van der Waals surface area contributed by atoms with Gasteiger partial charge in [-0.25, -0.2) is 0 Å². The van der Waals surface area contributed by atoms with E-state index in [1.807, 2.05) is 0 Å². The van der Waals surface area contributed by atoms with Gasteiger partial charge in [-0.2, -0.15) is 0 Å². The van der Waals surface area contributed by atoms with Crippen LogP contribution < -0.4 is 4.90 Å². The lowest BCUT2D eigenvalue weighted by Crippen LogP contribution is -2.55. The summed E-state index contributed by atoms with van der Waals surface area (Å²) < 4.78 is 0. The minimum Gasteiger partial charge on any atom is -0.366 e. The van der Waals surface area contributed by atoms with Crippen LogP contribution in [0.2, 0.25) is 0 Å². The van der Waals surface area contributed by atoms with Crippen molar-refractivity contribution in [3.63, 3.8) is 0 Å². The average molecular weight is 322 g/mol. The Bertz CT molecular complexity index is 589. The van der Waals surface area contributed by atoms with E-state index in [-0.39, 0.29) is 0 Å². The fourth-order valence-electron chi connectivity index (χ4n) is 7.79. The zero-order valence-electron chi connectivity index (χ0n) is 14.7. The maximum absolute atomic E-state index is 2.91. The van der Waals surface area contributed by atoms with Gasteiger partial charge in [-0.15, -0.1) is 0 Å². The lowest BCUT2D eigenvalue weighted by Gasteiger charge is -2.58. The first-order valence-corrected chi connectivity index (χ1v) is 10.3. The van der Waals surface area contributed by atoms with Crippen LogP contribution in [0, 0.1) is 23.2 Å². The fourth-order valence-corrected chi connectivity index (χ4v) is 7.79. The molecule has 0 unspecified atom stereocenters. The predicted molar refractivity (Wildman–Crippen MR) is 98.2 cm³/mol. The molecule has 2 nitrogen and oxygen atoms in total. The van der Waals surface area contributed by atoms with Gasteiger partial charge < -0.3 is 4.90 Å². The molecule has 2 saturated heterocycles. The highest BCUT2D eigenvalue weighted by Crippen LogP contribution is 2.60. The molecule has 7 rings (SSSR count). The zero-order chi connectivity index (χ0) is 15.7. The van der Waals surface area contributed by atoms with Crippen molar-refractivity contribution in [3.05, 3.63) is 30.3 Å². The Morgan fingerprint density at radius 1 is 0.792 bits per heavy atom. The second-order valence-electron chi connectivity index (χ2n) is 9.88. The number of rotatable bonds is 3. The molecule has 0 spiro atoms. The quantitative estimate of drug-likeness (QED) is 0.824. The highest BCUT2D eigenvalue weighted by molar-refractivity contribution is 5.49. The topological polar surface area (TPSA) is 6.48 Å². The molecule has 6 fully saturated rings. The number of para-hydroxylation sites is 1. The maximum Gasteiger partial charge on any atom is 0.0433 e. The van der Waals surface area contributed by atoms with E-state index in [1.54, 1.807) is 38.5 Å². The van der Waals surface area contributed by atoms with Crippen molar-refractivity contribution in [1.29, 1.82) is 0 Å². The molecular weight excluding hydrogens is 292 g/mol. The number of fused-ring (bicyclic) bond motifs is 2. The largest absolute Gasteiger partial charge is 0.366 e. The van der Waals surface area contributed by atoms with Gasteiger partial charge in [-0.1, -0.05) is 18.2 Å². The molecule has 0 radical (unpaired) electrons. The van der Waals surface area contributed by atoms with E-state index < -0.39 is 0 Å². The van der Waals surface area contributed by atoms with Crippen molar-refractivity contribution in [3.8, 4) is 0 Å². The van der Waals surface area contributed by atoms with E-state index in [1.165, 1.54) is 31.7 Å². The summed E-state index contributed by atoms with van der Waals surface area (Å²) in [5.41, 5.74) is 2.16. The Kier molecular flexibility index (Phi) is 2.96. The third-order valence-corrected chi connectivity index (χ3v) is 8.15.